The Morgan fingerprint density at radius 2 is 2.22 bits per heavy atom. The van der Waals surface area contributed by atoms with Crippen molar-refractivity contribution in [1.82, 2.24) is 0 Å². The lowest BCUT2D eigenvalue weighted by molar-refractivity contribution is -0.0382. The van der Waals surface area contributed by atoms with Gasteiger partial charge in [-0.05, 0) is 36.6 Å². The highest BCUT2D eigenvalue weighted by Gasteiger charge is 2.25. The summed E-state index contributed by atoms with van der Waals surface area (Å²) in [5.41, 5.74) is 8.55. The van der Waals surface area contributed by atoms with Gasteiger partial charge in [0.2, 0.25) is 0 Å². The van der Waals surface area contributed by atoms with Gasteiger partial charge in [0, 0.05) is 11.8 Å². The molecule has 1 aromatic carbocycles. The van der Waals surface area contributed by atoms with Crippen LogP contribution in [0.4, 0.5) is 0 Å². The van der Waals surface area contributed by atoms with Crippen LogP contribution in [0.5, 0.6) is 5.75 Å². The third-order valence-corrected chi connectivity index (χ3v) is 3.75. The van der Waals surface area contributed by atoms with E-state index in [1.807, 2.05) is 0 Å². The Hall–Kier alpha value is -1.06. The molecular formula is C15H23NO2. The minimum Gasteiger partial charge on any atom is -0.496 e. The molecule has 2 N–H and O–H groups in total. The summed E-state index contributed by atoms with van der Waals surface area (Å²) in [5.74, 6) is 2.00. The minimum atomic E-state index is 0.375. The number of nitrogens with two attached hydrogens (primary N) is 1. The maximum absolute atomic E-state index is 5.95. The van der Waals surface area contributed by atoms with Gasteiger partial charge in [-0.3, -0.25) is 0 Å². The topological polar surface area (TPSA) is 44.5 Å². The van der Waals surface area contributed by atoms with Crippen LogP contribution in [0.1, 0.15) is 30.4 Å². The van der Waals surface area contributed by atoms with Crippen LogP contribution < -0.4 is 10.5 Å². The molecule has 1 atom stereocenters. The van der Waals surface area contributed by atoms with E-state index >= 15 is 0 Å². The van der Waals surface area contributed by atoms with E-state index in [1.54, 1.807) is 7.11 Å². The van der Waals surface area contributed by atoms with Crippen molar-refractivity contribution in [2.75, 3.05) is 26.9 Å². The Bertz CT molecular complexity index is 388. The van der Waals surface area contributed by atoms with Crippen LogP contribution >= 0.6 is 0 Å². The van der Waals surface area contributed by atoms with Gasteiger partial charge >= 0.3 is 0 Å². The Morgan fingerprint density at radius 1 is 1.44 bits per heavy atom. The summed E-state index contributed by atoms with van der Waals surface area (Å²) in [4.78, 5) is 0. The van der Waals surface area contributed by atoms with Crippen molar-refractivity contribution < 1.29 is 9.47 Å². The van der Waals surface area contributed by atoms with Gasteiger partial charge in [0.15, 0.2) is 0 Å². The minimum absolute atomic E-state index is 0.375. The summed E-state index contributed by atoms with van der Waals surface area (Å²) < 4.78 is 10.7. The van der Waals surface area contributed by atoms with Gasteiger partial charge in [0.05, 0.1) is 20.3 Å². The van der Waals surface area contributed by atoms with Gasteiger partial charge in [-0.25, -0.2) is 0 Å². The highest BCUT2D eigenvalue weighted by molar-refractivity contribution is 5.40. The van der Waals surface area contributed by atoms with E-state index in [1.165, 1.54) is 11.1 Å². The standard InChI is InChI=1S/C15H23NO2/c1-3-11-4-5-15(17-2)14(7-11)13(8-16)6-12-9-18-10-12/h4-5,7,12-13H,3,6,8-10,16H2,1-2H3. The molecule has 1 heterocycles. The monoisotopic (exact) mass is 249 g/mol. The summed E-state index contributed by atoms with van der Waals surface area (Å²) in [6.07, 6.45) is 2.14. The zero-order chi connectivity index (χ0) is 13.0. The van der Waals surface area contributed by atoms with Crippen LogP contribution in [0.3, 0.4) is 0 Å². The fraction of sp³-hybridized carbons (Fsp3) is 0.600. The van der Waals surface area contributed by atoms with Crippen molar-refractivity contribution in [3.05, 3.63) is 29.3 Å². The molecule has 1 aliphatic rings. The Morgan fingerprint density at radius 3 is 2.72 bits per heavy atom. The third-order valence-electron chi connectivity index (χ3n) is 3.75. The average molecular weight is 249 g/mol. The van der Waals surface area contributed by atoms with Crippen LogP contribution in [0.2, 0.25) is 0 Å². The lowest BCUT2D eigenvalue weighted by atomic mass is 9.86. The predicted molar refractivity (Wildman–Crippen MR) is 73.1 cm³/mol. The highest BCUT2D eigenvalue weighted by Crippen LogP contribution is 2.33. The van der Waals surface area contributed by atoms with E-state index in [4.69, 9.17) is 15.2 Å². The summed E-state index contributed by atoms with van der Waals surface area (Å²) in [5, 5.41) is 0. The molecule has 1 saturated heterocycles. The molecule has 2 rings (SSSR count). The summed E-state index contributed by atoms with van der Waals surface area (Å²) >= 11 is 0. The van der Waals surface area contributed by atoms with E-state index in [2.05, 4.69) is 25.1 Å². The molecule has 100 valence electrons. The molecule has 18 heavy (non-hydrogen) atoms. The number of hydrogen-bond acceptors (Lipinski definition) is 3. The second-order valence-corrected chi connectivity index (χ2v) is 5.00. The second kappa shape index (κ2) is 6.21. The van der Waals surface area contributed by atoms with Crippen molar-refractivity contribution in [1.29, 1.82) is 0 Å². The highest BCUT2D eigenvalue weighted by atomic mass is 16.5. The number of aryl methyl sites for hydroxylation is 1. The SMILES string of the molecule is CCc1ccc(OC)c(C(CN)CC2COC2)c1. The molecule has 1 unspecified atom stereocenters. The first-order valence-electron chi connectivity index (χ1n) is 6.73. The predicted octanol–water partition coefficient (Wildman–Crippen LogP) is 2.34. The first kappa shape index (κ1) is 13.4. The van der Waals surface area contributed by atoms with Crippen molar-refractivity contribution in [3.8, 4) is 5.75 Å². The normalized spacial score (nSPS) is 17.3. The largest absolute Gasteiger partial charge is 0.496 e. The first-order valence-corrected chi connectivity index (χ1v) is 6.73. The van der Waals surface area contributed by atoms with Gasteiger partial charge in [0.1, 0.15) is 5.75 Å². The van der Waals surface area contributed by atoms with Gasteiger partial charge in [-0.15, -0.1) is 0 Å². The van der Waals surface area contributed by atoms with Crippen molar-refractivity contribution in [3.63, 3.8) is 0 Å². The van der Waals surface area contributed by atoms with Crippen molar-refractivity contribution >= 4 is 0 Å². The lowest BCUT2D eigenvalue weighted by Gasteiger charge is -2.30. The number of hydrogen-bond donors (Lipinski definition) is 1. The molecule has 3 nitrogen and oxygen atoms in total. The molecule has 0 bridgehead atoms. The molecule has 1 fully saturated rings. The van der Waals surface area contributed by atoms with E-state index in [0.29, 0.717) is 18.4 Å². The lowest BCUT2D eigenvalue weighted by Crippen LogP contribution is -2.30. The smallest absolute Gasteiger partial charge is 0.122 e. The van der Waals surface area contributed by atoms with E-state index in [-0.39, 0.29) is 0 Å². The number of benzene rings is 1. The van der Waals surface area contributed by atoms with Gasteiger partial charge in [-0.1, -0.05) is 19.1 Å². The summed E-state index contributed by atoms with van der Waals surface area (Å²) in [6, 6.07) is 6.44. The maximum atomic E-state index is 5.95. The van der Waals surface area contributed by atoms with Gasteiger partial charge in [0.25, 0.3) is 0 Å². The average Bonchev–Trinajstić information content (AvgIpc) is 2.37. The fourth-order valence-electron chi connectivity index (χ4n) is 2.50. The van der Waals surface area contributed by atoms with Crippen LogP contribution in [0.25, 0.3) is 0 Å². The molecule has 0 radical (unpaired) electrons. The third kappa shape index (κ3) is 2.85. The molecule has 0 aliphatic carbocycles. The van der Waals surface area contributed by atoms with E-state index in [0.717, 1.165) is 31.8 Å². The van der Waals surface area contributed by atoms with E-state index in [9.17, 15) is 0 Å². The fourth-order valence-corrected chi connectivity index (χ4v) is 2.50. The van der Waals surface area contributed by atoms with Crippen molar-refractivity contribution in [2.45, 2.75) is 25.7 Å². The van der Waals surface area contributed by atoms with Crippen LogP contribution in [-0.2, 0) is 11.2 Å². The maximum Gasteiger partial charge on any atom is 0.122 e. The van der Waals surface area contributed by atoms with Crippen LogP contribution in [0.15, 0.2) is 18.2 Å². The van der Waals surface area contributed by atoms with Gasteiger partial charge < -0.3 is 15.2 Å². The second-order valence-electron chi connectivity index (χ2n) is 5.00. The Kier molecular flexibility index (Phi) is 4.61. The zero-order valence-corrected chi connectivity index (χ0v) is 11.3. The summed E-state index contributed by atoms with van der Waals surface area (Å²) in [6.45, 7) is 4.60. The number of rotatable bonds is 6. The number of methoxy groups -OCH3 is 1. The molecule has 1 aliphatic heterocycles. The van der Waals surface area contributed by atoms with Crippen LogP contribution in [-0.4, -0.2) is 26.9 Å². The molecule has 0 spiro atoms. The van der Waals surface area contributed by atoms with Crippen molar-refractivity contribution in [2.24, 2.45) is 11.7 Å². The van der Waals surface area contributed by atoms with E-state index < -0.39 is 0 Å². The summed E-state index contributed by atoms with van der Waals surface area (Å²) in [7, 11) is 1.73. The molecule has 0 saturated carbocycles. The molecular weight excluding hydrogens is 226 g/mol. The molecule has 3 heteroatoms. The molecule has 0 amide bonds. The quantitative estimate of drug-likeness (QED) is 0.841. The molecule has 1 aromatic rings. The number of ether oxygens (including phenoxy) is 2. The van der Waals surface area contributed by atoms with Gasteiger partial charge in [-0.2, -0.15) is 0 Å². The zero-order valence-electron chi connectivity index (χ0n) is 11.3. The van der Waals surface area contributed by atoms with Crippen LogP contribution in [0, 0.1) is 5.92 Å². The molecule has 0 aromatic heterocycles. The Balaban J connectivity index is 2.20. The Labute approximate surface area is 109 Å². The first-order chi connectivity index (χ1) is 8.78.